The van der Waals surface area contributed by atoms with E-state index < -0.39 is 0 Å². The van der Waals surface area contributed by atoms with Gasteiger partial charge >= 0.3 is 6.03 Å². The molecule has 32 heavy (non-hydrogen) atoms. The highest BCUT2D eigenvalue weighted by Gasteiger charge is 2.34. The molecule has 166 valence electrons. The number of benzene rings is 2. The van der Waals surface area contributed by atoms with Crippen LogP contribution in [-0.4, -0.2) is 55.3 Å². The van der Waals surface area contributed by atoms with Crippen LogP contribution in [0.3, 0.4) is 0 Å². The van der Waals surface area contributed by atoms with Crippen LogP contribution in [0, 0.1) is 0 Å². The van der Waals surface area contributed by atoms with Gasteiger partial charge < -0.3 is 15.4 Å². The highest BCUT2D eigenvalue weighted by Crippen LogP contribution is 2.30. The van der Waals surface area contributed by atoms with Gasteiger partial charge in [-0.1, -0.05) is 60.7 Å². The number of carbonyl (C=O) groups is 1. The number of urea groups is 1. The number of pyridine rings is 1. The van der Waals surface area contributed by atoms with Crippen LogP contribution < -0.4 is 10.6 Å². The molecule has 1 saturated heterocycles. The zero-order valence-corrected chi connectivity index (χ0v) is 19.6. The number of hydrogen-bond donors (Lipinski definition) is 2. The fourth-order valence-corrected chi connectivity index (χ4v) is 4.49. The van der Waals surface area contributed by atoms with Crippen molar-refractivity contribution in [3.8, 4) is 11.3 Å². The third-order valence-electron chi connectivity index (χ3n) is 5.70. The average molecular weight is 495 g/mol. The van der Waals surface area contributed by atoms with Crippen molar-refractivity contribution in [3.63, 3.8) is 0 Å². The summed E-state index contributed by atoms with van der Waals surface area (Å²) in [5.74, 6) is 0.216. The standard InChI is InChI=1S/C25H27BrN4O2/c1-32-13-12-30-16-21(18-8-4-2-5-9-18)23(17-30)29-25(31)28-22-14-20(26)15-27-24(22)19-10-6-3-7-11-19/h2-11,14-15,21,23H,12-13,16-17H2,1H3,(H2,28,29,31). The van der Waals surface area contributed by atoms with E-state index >= 15 is 0 Å². The first-order valence-electron chi connectivity index (χ1n) is 10.7. The number of methoxy groups -OCH3 is 1. The zero-order chi connectivity index (χ0) is 22.3. The van der Waals surface area contributed by atoms with Crippen LogP contribution in [0.4, 0.5) is 10.5 Å². The summed E-state index contributed by atoms with van der Waals surface area (Å²) >= 11 is 3.47. The van der Waals surface area contributed by atoms with Crippen molar-refractivity contribution < 1.29 is 9.53 Å². The van der Waals surface area contributed by atoms with Crippen LogP contribution in [-0.2, 0) is 4.74 Å². The maximum absolute atomic E-state index is 13.1. The second-order valence-electron chi connectivity index (χ2n) is 7.89. The van der Waals surface area contributed by atoms with E-state index in [0.29, 0.717) is 12.3 Å². The van der Waals surface area contributed by atoms with Gasteiger partial charge in [0.15, 0.2) is 0 Å². The molecule has 2 N–H and O–H groups in total. The Hall–Kier alpha value is -2.74. The molecule has 0 aliphatic carbocycles. The van der Waals surface area contributed by atoms with E-state index in [1.165, 1.54) is 5.56 Å². The van der Waals surface area contributed by atoms with Gasteiger partial charge in [0.1, 0.15) is 0 Å². The van der Waals surface area contributed by atoms with Gasteiger partial charge in [0, 0.05) is 48.9 Å². The van der Waals surface area contributed by atoms with Gasteiger partial charge in [-0.2, -0.15) is 0 Å². The number of hydrogen-bond acceptors (Lipinski definition) is 4. The molecule has 2 unspecified atom stereocenters. The van der Waals surface area contributed by atoms with Crippen molar-refractivity contribution in [3.05, 3.63) is 83.0 Å². The normalized spacial score (nSPS) is 18.4. The van der Waals surface area contributed by atoms with Crippen molar-refractivity contribution >= 4 is 27.6 Å². The van der Waals surface area contributed by atoms with Crippen LogP contribution in [0.2, 0.25) is 0 Å². The minimum atomic E-state index is -0.235. The van der Waals surface area contributed by atoms with Gasteiger partial charge in [-0.15, -0.1) is 0 Å². The van der Waals surface area contributed by atoms with E-state index in [1.54, 1.807) is 13.3 Å². The van der Waals surface area contributed by atoms with Gasteiger partial charge in [-0.05, 0) is 27.6 Å². The van der Waals surface area contributed by atoms with Crippen LogP contribution in [0.1, 0.15) is 11.5 Å². The van der Waals surface area contributed by atoms with E-state index in [-0.39, 0.29) is 18.0 Å². The lowest BCUT2D eigenvalue weighted by molar-refractivity contribution is 0.159. The van der Waals surface area contributed by atoms with E-state index in [9.17, 15) is 4.79 Å². The van der Waals surface area contributed by atoms with E-state index in [2.05, 4.69) is 48.6 Å². The number of ether oxygens (including phenoxy) is 1. The Labute approximate surface area is 197 Å². The van der Waals surface area contributed by atoms with Crippen LogP contribution in [0.5, 0.6) is 0 Å². The fourth-order valence-electron chi connectivity index (χ4n) is 4.16. The maximum atomic E-state index is 13.1. The largest absolute Gasteiger partial charge is 0.383 e. The predicted molar refractivity (Wildman–Crippen MR) is 131 cm³/mol. The summed E-state index contributed by atoms with van der Waals surface area (Å²) < 4.78 is 6.06. The predicted octanol–water partition coefficient (Wildman–Crippen LogP) is 4.75. The number of aromatic nitrogens is 1. The molecular formula is C25H27BrN4O2. The molecule has 2 aromatic carbocycles. The summed E-state index contributed by atoms with van der Waals surface area (Å²) in [6, 6.07) is 21.8. The Bertz CT molecular complexity index is 1030. The lowest BCUT2D eigenvalue weighted by atomic mass is 9.94. The lowest BCUT2D eigenvalue weighted by Crippen LogP contribution is -2.42. The van der Waals surface area contributed by atoms with Gasteiger partial charge in [-0.3, -0.25) is 9.88 Å². The molecule has 2 heterocycles. The number of rotatable bonds is 7. The molecule has 7 heteroatoms. The minimum absolute atomic E-state index is 0.00505. The molecule has 3 aromatic rings. The molecule has 1 aliphatic rings. The Morgan fingerprint density at radius 1 is 1.12 bits per heavy atom. The number of nitrogens with zero attached hydrogens (tertiary/aromatic N) is 2. The Morgan fingerprint density at radius 2 is 1.84 bits per heavy atom. The first-order valence-corrected chi connectivity index (χ1v) is 11.5. The van der Waals surface area contributed by atoms with Gasteiger partial charge in [0.2, 0.25) is 0 Å². The molecule has 0 saturated carbocycles. The third-order valence-corrected chi connectivity index (χ3v) is 6.13. The molecule has 1 aliphatic heterocycles. The second-order valence-corrected chi connectivity index (χ2v) is 8.81. The molecule has 6 nitrogen and oxygen atoms in total. The molecule has 2 amide bonds. The van der Waals surface area contributed by atoms with Crippen molar-refractivity contribution in [1.29, 1.82) is 0 Å². The number of anilines is 1. The molecule has 0 radical (unpaired) electrons. The minimum Gasteiger partial charge on any atom is -0.383 e. The lowest BCUT2D eigenvalue weighted by Gasteiger charge is -2.21. The van der Waals surface area contributed by atoms with Gasteiger partial charge in [0.05, 0.1) is 24.0 Å². The first kappa shape index (κ1) is 22.5. The Morgan fingerprint density at radius 3 is 2.56 bits per heavy atom. The SMILES string of the molecule is COCCN1CC(NC(=O)Nc2cc(Br)cnc2-c2ccccc2)C(c2ccccc2)C1. The highest BCUT2D eigenvalue weighted by atomic mass is 79.9. The summed E-state index contributed by atoms with van der Waals surface area (Å²) in [6.07, 6.45) is 1.74. The second kappa shape index (κ2) is 10.7. The number of halogens is 1. The quantitative estimate of drug-likeness (QED) is 0.497. The van der Waals surface area contributed by atoms with E-state index in [4.69, 9.17) is 4.74 Å². The topological polar surface area (TPSA) is 66.5 Å². The van der Waals surface area contributed by atoms with Crippen molar-refractivity contribution in [2.24, 2.45) is 0 Å². The number of amides is 2. The van der Waals surface area contributed by atoms with Crippen LogP contribution in [0.25, 0.3) is 11.3 Å². The summed E-state index contributed by atoms with van der Waals surface area (Å²) in [4.78, 5) is 19.9. The highest BCUT2D eigenvalue weighted by molar-refractivity contribution is 9.10. The van der Waals surface area contributed by atoms with Gasteiger partial charge in [0.25, 0.3) is 0 Å². The Kier molecular flexibility index (Phi) is 7.52. The van der Waals surface area contributed by atoms with E-state index in [1.807, 2.05) is 54.6 Å². The number of likely N-dealkylation sites (tertiary alicyclic amines) is 1. The fraction of sp³-hybridized carbons (Fsp3) is 0.280. The monoisotopic (exact) mass is 494 g/mol. The zero-order valence-electron chi connectivity index (χ0n) is 18.0. The van der Waals surface area contributed by atoms with Crippen molar-refractivity contribution in [2.45, 2.75) is 12.0 Å². The molecule has 1 aromatic heterocycles. The third kappa shape index (κ3) is 5.54. The molecule has 0 bridgehead atoms. The molecular weight excluding hydrogens is 468 g/mol. The van der Waals surface area contributed by atoms with Crippen molar-refractivity contribution in [2.75, 3.05) is 38.7 Å². The van der Waals surface area contributed by atoms with Crippen LogP contribution >= 0.6 is 15.9 Å². The average Bonchev–Trinajstić information content (AvgIpc) is 3.21. The summed E-state index contributed by atoms with van der Waals surface area (Å²) in [6.45, 7) is 3.17. The molecule has 2 atom stereocenters. The summed E-state index contributed by atoms with van der Waals surface area (Å²) in [7, 11) is 1.71. The summed E-state index contributed by atoms with van der Waals surface area (Å²) in [5.41, 5.74) is 3.57. The maximum Gasteiger partial charge on any atom is 0.319 e. The molecule has 0 spiro atoms. The van der Waals surface area contributed by atoms with Crippen molar-refractivity contribution in [1.82, 2.24) is 15.2 Å². The summed E-state index contributed by atoms with van der Waals surface area (Å²) in [5, 5.41) is 6.23. The van der Waals surface area contributed by atoms with E-state index in [0.717, 1.165) is 35.4 Å². The Balaban J connectivity index is 1.51. The molecule has 1 fully saturated rings. The van der Waals surface area contributed by atoms with Crippen LogP contribution in [0.15, 0.2) is 77.4 Å². The number of carbonyl (C=O) groups excluding carboxylic acids is 1. The van der Waals surface area contributed by atoms with Gasteiger partial charge in [-0.25, -0.2) is 4.79 Å². The smallest absolute Gasteiger partial charge is 0.319 e. The molecule has 4 rings (SSSR count). The first-order chi connectivity index (χ1) is 15.6. The number of nitrogens with one attached hydrogen (secondary N) is 2.